The minimum Gasteiger partial charge on any atom is -0.481 e. The third kappa shape index (κ3) is 3.61. The van der Waals surface area contributed by atoms with Gasteiger partial charge in [0.05, 0.1) is 6.04 Å². The molecule has 7 heteroatoms. The molecular weight excluding hydrogens is 456 g/mol. The van der Waals surface area contributed by atoms with Crippen LogP contribution in [0.15, 0.2) is 71.2 Å². The van der Waals surface area contributed by atoms with Crippen molar-refractivity contribution in [2.24, 2.45) is 0 Å². The average molecular weight is 472 g/mol. The van der Waals surface area contributed by atoms with Gasteiger partial charge in [-0.05, 0) is 47.5 Å². The van der Waals surface area contributed by atoms with Crippen LogP contribution in [-0.2, 0) is 11.3 Å². The second-order valence-electron chi connectivity index (χ2n) is 7.07. The lowest BCUT2D eigenvalue weighted by atomic mass is 9.79. The second kappa shape index (κ2) is 7.99. The Kier molecular flexibility index (Phi) is 5.39. The Balaban J connectivity index is 1.90. The van der Waals surface area contributed by atoms with Gasteiger partial charge in [0.2, 0.25) is 0 Å². The summed E-state index contributed by atoms with van der Waals surface area (Å²) in [6.45, 7) is -0.263. The summed E-state index contributed by atoms with van der Waals surface area (Å²) in [5, 5.41) is 10.1. The Bertz CT molecular complexity index is 1130. The van der Waals surface area contributed by atoms with E-state index in [4.69, 9.17) is 0 Å². The molecule has 0 spiro atoms. The Morgan fingerprint density at radius 2 is 1.73 bits per heavy atom. The Morgan fingerprint density at radius 3 is 2.43 bits per heavy atom. The van der Waals surface area contributed by atoms with Gasteiger partial charge in [-0.1, -0.05) is 46.3 Å². The average Bonchev–Trinajstić information content (AvgIpc) is 2.73. The number of rotatable bonds is 4. The predicted molar refractivity (Wildman–Crippen MR) is 110 cm³/mol. The highest BCUT2D eigenvalue weighted by atomic mass is 79.9. The summed E-state index contributed by atoms with van der Waals surface area (Å²) in [7, 11) is 0. The van der Waals surface area contributed by atoms with E-state index >= 15 is 0 Å². The molecule has 0 bridgehead atoms. The quantitative estimate of drug-likeness (QED) is 0.562. The third-order valence-corrected chi connectivity index (χ3v) is 5.79. The van der Waals surface area contributed by atoms with Gasteiger partial charge in [0, 0.05) is 22.1 Å². The molecule has 4 nitrogen and oxygen atoms in total. The molecule has 0 fully saturated rings. The lowest BCUT2D eigenvalue weighted by Gasteiger charge is -2.41. The molecule has 0 radical (unpaired) electrons. The van der Waals surface area contributed by atoms with Gasteiger partial charge in [-0.15, -0.1) is 0 Å². The van der Waals surface area contributed by atoms with E-state index in [2.05, 4.69) is 15.9 Å². The molecule has 1 heterocycles. The van der Waals surface area contributed by atoms with Crippen LogP contribution < -0.4 is 0 Å². The number of fused-ring (bicyclic) bond motifs is 1. The van der Waals surface area contributed by atoms with Gasteiger partial charge in [0.25, 0.3) is 5.91 Å². The largest absolute Gasteiger partial charge is 0.481 e. The van der Waals surface area contributed by atoms with Gasteiger partial charge in [-0.25, -0.2) is 8.78 Å². The molecule has 0 saturated heterocycles. The van der Waals surface area contributed by atoms with E-state index in [0.29, 0.717) is 11.1 Å². The molecule has 1 aliphatic rings. The number of carboxylic acid groups (broad SMARTS) is 1. The number of amides is 1. The smallest absolute Gasteiger partial charge is 0.313 e. The summed E-state index contributed by atoms with van der Waals surface area (Å²) in [5.74, 6) is -3.89. The van der Waals surface area contributed by atoms with E-state index in [1.165, 1.54) is 4.90 Å². The topological polar surface area (TPSA) is 57.6 Å². The van der Waals surface area contributed by atoms with Crippen LogP contribution >= 0.6 is 15.9 Å². The normalized spacial score (nSPS) is 18.2. The molecule has 4 rings (SSSR count). The maximum Gasteiger partial charge on any atom is 0.313 e. The number of carbonyl (C=O) groups excluding carboxylic acids is 1. The molecule has 1 aliphatic heterocycles. The molecule has 1 amide bonds. The number of hydrogen-bond acceptors (Lipinski definition) is 2. The van der Waals surface area contributed by atoms with E-state index in [0.717, 1.165) is 22.7 Å². The molecule has 30 heavy (non-hydrogen) atoms. The molecule has 2 unspecified atom stereocenters. The maximum atomic E-state index is 14.4. The van der Waals surface area contributed by atoms with E-state index < -0.39 is 35.5 Å². The first kappa shape index (κ1) is 20.2. The maximum absolute atomic E-state index is 14.4. The molecule has 0 aromatic heterocycles. The summed E-state index contributed by atoms with van der Waals surface area (Å²) >= 11 is 3.35. The first-order valence-electron chi connectivity index (χ1n) is 9.19. The lowest BCUT2D eigenvalue weighted by molar-refractivity contribution is -0.140. The van der Waals surface area contributed by atoms with E-state index in [9.17, 15) is 23.5 Å². The summed E-state index contributed by atoms with van der Waals surface area (Å²) in [6, 6.07) is 15.6. The number of carbonyl (C=O) groups is 2. The molecule has 1 N–H and O–H groups in total. The molecule has 0 aliphatic carbocycles. The second-order valence-corrected chi connectivity index (χ2v) is 7.98. The Labute approximate surface area is 179 Å². The summed E-state index contributed by atoms with van der Waals surface area (Å²) < 4.78 is 28.9. The SMILES string of the molecule is O=C(O)C1c2ccccc2C(=O)N(Cc2cc(F)ccc2F)C1c1ccc(Br)cc1. The first-order chi connectivity index (χ1) is 14.4. The van der Waals surface area contributed by atoms with Crippen molar-refractivity contribution in [3.8, 4) is 0 Å². The third-order valence-electron chi connectivity index (χ3n) is 5.26. The van der Waals surface area contributed by atoms with Crippen molar-refractivity contribution in [1.82, 2.24) is 4.90 Å². The monoisotopic (exact) mass is 471 g/mol. The van der Waals surface area contributed by atoms with Crippen LogP contribution in [0.5, 0.6) is 0 Å². The van der Waals surface area contributed by atoms with Gasteiger partial charge in [0.15, 0.2) is 0 Å². The zero-order valence-corrected chi connectivity index (χ0v) is 17.1. The van der Waals surface area contributed by atoms with Gasteiger partial charge < -0.3 is 10.0 Å². The van der Waals surface area contributed by atoms with Crippen molar-refractivity contribution in [2.75, 3.05) is 0 Å². The summed E-state index contributed by atoms with van der Waals surface area (Å²) in [4.78, 5) is 27.0. The number of nitrogens with zero attached hydrogens (tertiary/aromatic N) is 1. The zero-order chi connectivity index (χ0) is 21.4. The Morgan fingerprint density at radius 1 is 1.03 bits per heavy atom. The number of carboxylic acids is 1. The standard InChI is InChI=1S/C23H16BrF2NO3/c24-15-7-5-13(6-8-15)21-20(23(29)30)17-3-1-2-4-18(17)22(28)27(21)12-14-11-16(25)9-10-19(14)26/h1-11,20-21H,12H2,(H,29,30). The fraction of sp³-hybridized carbons (Fsp3) is 0.130. The van der Waals surface area contributed by atoms with Crippen molar-refractivity contribution in [3.05, 3.63) is 105 Å². The minimum absolute atomic E-state index is 0.0195. The minimum atomic E-state index is -1.10. The fourth-order valence-corrected chi connectivity index (χ4v) is 4.18. The number of benzene rings is 3. The molecule has 3 aromatic rings. The van der Waals surface area contributed by atoms with Crippen molar-refractivity contribution in [2.45, 2.75) is 18.5 Å². The highest BCUT2D eigenvalue weighted by Gasteiger charge is 2.44. The summed E-state index contributed by atoms with van der Waals surface area (Å²) in [5.41, 5.74) is 1.22. The van der Waals surface area contributed by atoms with E-state index in [1.54, 1.807) is 48.5 Å². The summed E-state index contributed by atoms with van der Waals surface area (Å²) in [6.07, 6.45) is 0. The van der Waals surface area contributed by atoms with Crippen LogP contribution in [0.25, 0.3) is 0 Å². The predicted octanol–water partition coefficient (Wildman–Crippen LogP) is 5.29. The van der Waals surface area contributed by atoms with Crippen LogP contribution in [0.1, 0.15) is 39.0 Å². The van der Waals surface area contributed by atoms with Crippen LogP contribution in [0.2, 0.25) is 0 Å². The van der Waals surface area contributed by atoms with Crippen LogP contribution in [0.4, 0.5) is 8.78 Å². The van der Waals surface area contributed by atoms with Crippen LogP contribution in [-0.4, -0.2) is 21.9 Å². The Hall–Kier alpha value is -3.06. The highest BCUT2D eigenvalue weighted by molar-refractivity contribution is 9.10. The fourth-order valence-electron chi connectivity index (χ4n) is 3.91. The van der Waals surface area contributed by atoms with Crippen molar-refractivity contribution < 1.29 is 23.5 Å². The van der Waals surface area contributed by atoms with Gasteiger partial charge in [-0.2, -0.15) is 0 Å². The number of aliphatic carboxylic acids is 1. The zero-order valence-electron chi connectivity index (χ0n) is 15.6. The van der Waals surface area contributed by atoms with Gasteiger partial charge in [-0.3, -0.25) is 9.59 Å². The molecule has 2 atom stereocenters. The van der Waals surface area contributed by atoms with Gasteiger partial charge in [0.1, 0.15) is 17.6 Å². The number of hydrogen-bond donors (Lipinski definition) is 1. The van der Waals surface area contributed by atoms with Crippen LogP contribution in [0.3, 0.4) is 0 Å². The first-order valence-corrected chi connectivity index (χ1v) is 9.98. The lowest BCUT2D eigenvalue weighted by Crippen LogP contribution is -2.44. The number of halogens is 3. The van der Waals surface area contributed by atoms with Gasteiger partial charge >= 0.3 is 5.97 Å². The molecule has 152 valence electrons. The molecule has 0 saturated carbocycles. The van der Waals surface area contributed by atoms with Crippen LogP contribution in [0, 0.1) is 11.6 Å². The highest BCUT2D eigenvalue weighted by Crippen LogP contribution is 2.43. The van der Waals surface area contributed by atoms with Crippen molar-refractivity contribution in [3.63, 3.8) is 0 Å². The van der Waals surface area contributed by atoms with Crippen molar-refractivity contribution in [1.29, 1.82) is 0 Å². The van der Waals surface area contributed by atoms with Crippen molar-refractivity contribution >= 4 is 27.8 Å². The van der Waals surface area contributed by atoms with E-state index in [1.807, 2.05) is 0 Å². The molecule has 3 aromatic carbocycles. The van der Waals surface area contributed by atoms with E-state index in [-0.39, 0.29) is 17.7 Å². The molecular formula is C23H16BrF2NO3.